The highest BCUT2D eigenvalue weighted by Gasteiger charge is 2.23. The van der Waals surface area contributed by atoms with Crippen molar-refractivity contribution in [3.8, 4) is 5.75 Å². The monoisotopic (exact) mass is 520 g/mol. The van der Waals surface area contributed by atoms with E-state index >= 15 is 0 Å². The summed E-state index contributed by atoms with van der Waals surface area (Å²) < 4.78 is 15.9. The smallest absolute Gasteiger partial charge is 0.191 e. The normalized spacial score (nSPS) is 15.6. The molecule has 0 amide bonds. The zero-order chi connectivity index (χ0) is 20.0. The number of hydrogen-bond donors (Lipinski definition) is 2. The number of ether oxygens (including phenoxy) is 3. The van der Waals surface area contributed by atoms with Gasteiger partial charge in [-0.3, -0.25) is 9.89 Å². The van der Waals surface area contributed by atoms with Gasteiger partial charge in [0.2, 0.25) is 0 Å². The van der Waals surface area contributed by atoms with E-state index in [1.54, 1.807) is 14.2 Å². The summed E-state index contributed by atoms with van der Waals surface area (Å²) in [6.07, 6.45) is 2.50. The number of methoxy groups -OCH3 is 2. The maximum absolute atomic E-state index is 5.51. The second-order valence-electron chi connectivity index (χ2n) is 6.79. The van der Waals surface area contributed by atoms with Crippen molar-refractivity contribution in [1.82, 2.24) is 15.5 Å². The number of nitrogens with zero attached hydrogens (tertiary/aromatic N) is 2. The number of likely N-dealkylation sites (tertiary alicyclic amines) is 1. The summed E-state index contributed by atoms with van der Waals surface area (Å²) in [7, 11) is 3.39. The summed E-state index contributed by atoms with van der Waals surface area (Å²) in [5.74, 6) is 1.72. The maximum atomic E-state index is 5.51. The fourth-order valence-corrected chi connectivity index (χ4v) is 3.34. The highest BCUT2D eigenvalue weighted by Crippen LogP contribution is 2.27. The van der Waals surface area contributed by atoms with E-state index < -0.39 is 0 Å². The highest BCUT2D eigenvalue weighted by atomic mass is 127. The van der Waals surface area contributed by atoms with Crippen LogP contribution in [-0.2, 0) is 9.47 Å². The first-order chi connectivity index (χ1) is 13.8. The van der Waals surface area contributed by atoms with E-state index in [9.17, 15) is 0 Å². The van der Waals surface area contributed by atoms with Gasteiger partial charge in [-0.25, -0.2) is 0 Å². The third-order valence-corrected chi connectivity index (χ3v) is 4.80. The van der Waals surface area contributed by atoms with Gasteiger partial charge in [0.05, 0.1) is 39.5 Å². The molecule has 8 heteroatoms. The molecular formula is C21H37IN4O3. The van der Waals surface area contributed by atoms with Crippen LogP contribution >= 0.6 is 24.0 Å². The lowest BCUT2D eigenvalue weighted by molar-refractivity contribution is 0.0733. The molecule has 0 saturated carbocycles. The van der Waals surface area contributed by atoms with E-state index in [-0.39, 0.29) is 30.0 Å². The third-order valence-electron chi connectivity index (χ3n) is 4.80. The average molecular weight is 520 g/mol. The van der Waals surface area contributed by atoms with Gasteiger partial charge in [-0.15, -0.1) is 24.0 Å². The van der Waals surface area contributed by atoms with E-state index in [2.05, 4.69) is 40.7 Å². The summed E-state index contributed by atoms with van der Waals surface area (Å²) in [6, 6.07) is 8.60. The molecule has 0 spiro atoms. The van der Waals surface area contributed by atoms with Crippen molar-refractivity contribution in [2.75, 3.05) is 66.8 Å². The minimum atomic E-state index is 0. The maximum Gasteiger partial charge on any atom is 0.191 e. The topological polar surface area (TPSA) is 67.4 Å². The van der Waals surface area contributed by atoms with E-state index in [1.165, 1.54) is 18.4 Å². The molecule has 1 aliphatic rings. The number of nitrogens with one attached hydrogen (secondary N) is 2. The molecule has 1 unspecified atom stereocenters. The molecule has 1 atom stereocenters. The number of guanidine groups is 1. The molecule has 2 rings (SSSR count). The van der Waals surface area contributed by atoms with Crippen LogP contribution in [-0.4, -0.2) is 77.6 Å². The first kappa shape index (κ1) is 25.9. The highest BCUT2D eigenvalue weighted by molar-refractivity contribution is 14.0. The van der Waals surface area contributed by atoms with Gasteiger partial charge in [-0.2, -0.15) is 0 Å². The zero-order valence-electron chi connectivity index (χ0n) is 18.0. The van der Waals surface area contributed by atoms with Crippen LogP contribution in [0.2, 0.25) is 0 Å². The van der Waals surface area contributed by atoms with Crippen molar-refractivity contribution < 1.29 is 14.2 Å². The van der Waals surface area contributed by atoms with Crippen molar-refractivity contribution in [1.29, 1.82) is 0 Å². The van der Waals surface area contributed by atoms with Crippen LogP contribution in [0.3, 0.4) is 0 Å². The molecule has 0 bridgehead atoms. The molecule has 0 aliphatic carbocycles. The van der Waals surface area contributed by atoms with Crippen molar-refractivity contribution in [3.63, 3.8) is 0 Å². The van der Waals surface area contributed by atoms with Crippen molar-refractivity contribution in [2.24, 2.45) is 4.99 Å². The Bertz CT molecular complexity index is 583. The molecule has 2 N–H and O–H groups in total. The van der Waals surface area contributed by atoms with Gasteiger partial charge in [0.1, 0.15) is 5.75 Å². The van der Waals surface area contributed by atoms with E-state index in [4.69, 9.17) is 19.2 Å². The lowest BCUT2D eigenvalue weighted by atomic mass is 10.1. The molecule has 1 heterocycles. The summed E-state index contributed by atoms with van der Waals surface area (Å²) in [6.45, 7) is 8.40. The van der Waals surface area contributed by atoms with Crippen LogP contribution in [0.4, 0.5) is 0 Å². The minimum Gasteiger partial charge on any atom is -0.497 e. The van der Waals surface area contributed by atoms with Gasteiger partial charge >= 0.3 is 0 Å². The van der Waals surface area contributed by atoms with Gasteiger partial charge < -0.3 is 24.8 Å². The minimum absolute atomic E-state index is 0. The molecule has 1 aromatic carbocycles. The van der Waals surface area contributed by atoms with E-state index in [0.29, 0.717) is 32.9 Å². The van der Waals surface area contributed by atoms with Crippen LogP contribution in [0.15, 0.2) is 29.3 Å². The first-order valence-corrected chi connectivity index (χ1v) is 10.2. The van der Waals surface area contributed by atoms with E-state index in [1.807, 2.05) is 6.07 Å². The fraction of sp³-hybridized carbons (Fsp3) is 0.667. The number of benzene rings is 1. The van der Waals surface area contributed by atoms with Crippen molar-refractivity contribution in [2.45, 2.75) is 25.8 Å². The van der Waals surface area contributed by atoms with Crippen LogP contribution in [0.1, 0.15) is 31.4 Å². The number of aliphatic imine (C=N–C) groups is 1. The largest absolute Gasteiger partial charge is 0.497 e. The Balaban J connectivity index is 0.00000420. The molecular weight excluding hydrogens is 483 g/mol. The van der Waals surface area contributed by atoms with Crippen LogP contribution < -0.4 is 15.4 Å². The summed E-state index contributed by atoms with van der Waals surface area (Å²) in [5, 5.41) is 6.67. The first-order valence-electron chi connectivity index (χ1n) is 10.2. The van der Waals surface area contributed by atoms with Gasteiger partial charge in [0.25, 0.3) is 0 Å². The van der Waals surface area contributed by atoms with Gasteiger partial charge in [0.15, 0.2) is 5.96 Å². The fourth-order valence-electron chi connectivity index (χ4n) is 3.34. The average Bonchev–Trinajstić information content (AvgIpc) is 3.25. The molecule has 7 nitrogen and oxygen atoms in total. The number of halogens is 1. The second kappa shape index (κ2) is 15.7. The van der Waals surface area contributed by atoms with Crippen molar-refractivity contribution in [3.05, 3.63) is 29.8 Å². The predicted molar refractivity (Wildman–Crippen MR) is 129 cm³/mol. The number of hydrogen-bond acceptors (Lipinski definition) is 5. The molecule has 1 saturated heterocycles. The Morgan fingerprint density at radius 3 is 2.62 bits per heavy atom. The Hall–Kier alpha value is -1.10. The molecule has 1 aliphatic heterocycles. The predicted octanol–water partition coefficient (Wildman–Crippen LogP) is 2.67. The number of rotatable bonds is 12. The molecule has 1 aromatic rings. The lowest BCUT2D eigenvalue weighted by Crippen LogP contribution is -2.40. The summed E-state index contributed by atoms with van der Waals surface area (Å²) in [4.78, 5) is 7.38. The zero-order valence-corrected chi connectivity index (χ0v) is 20.3. The standard InChI is InChI=1S/C21H36N4O3.HI/c1-4-22-21(23-10-13-28-15-14-26-2)24-17-20(25-11-5-6-12-25)18-8-7-9-19(16-18)27-3;/h7-9,16,20H,4-6,10-15,17H2,1-3H3,(H2,22,23,24);1H. The molecule has 166 valence electrons. The summed E-state index contributed by atoms with van der Waals surface area (Å²) >= 11 is 0. The van der Waals surface area contributed by atoms with Crippen LogP contribution in [0.25, 0.3) is 0 Å². The Kier molecular flexibility index (Phi) is 14.0. The SMILES string of the molecule is CCNC(=NCC(c1cccc(OC)c1)N1CCCC1)NCCOCCOC.I. The lowest BCUT2D eigenvalue weighted by Gasteiger charge is -2.27. The summed E-state index contributed by atoms with van der Waals surface area (Å²) in [5.41, 5.74) is 1.25. The van der Waals surface area contributed by atoms with Crippen LogP contribution in [0, 0.1) is 0 Å². The molecule has 0 radical (unpaired) electrons. The molecule has 29 heavy (non-hydrogen) atoms. The third kappa shape index (κ3) is 9.50. The van der Waals surface area contributed by atoms with Gasteiger partial charge in [0, 0.05) is 20.2 Å². The molecule has 1 fully saturated rings. The Morgan fingerprint density at radius 1 is 1.14 bits per heavy atom. The van der Waals surface area contributed by atoms with Crippen LogP contribution in [0.5, 0.6) is 5.75 Å². The Labute approximate surface area is 192 Å². The van der Waals surface area contributed by atoms with Gasteiger partial charge in [-0.05, 0) is 50.6 Å². The second-order valence-corrected chi connectivity index (χ2v) is 6.79. The Morgan fingerprint density at radius 2 is 1.93 bits per heavy atom. The van der Waals surface area contributed by atoms with Gasteiger partial charge in [-0.1, -0.05) is 12.1 Å². The van der Waals surface area contributed by atoms with E-state index in [0.717, 1.165) is 31.3 Å². The quantitative estimate of drug-likeness (QED) is 0.191. The van der Waals surface area contributed by atoms with Crippen molar-refractivity contribution >= 4 is 29.9 Å². The molecule has 0 aromatic heterocycles.